The predicted molar refractivity (Wildman–Crippen MR) is 88.4 cm³/mol. The Kier molecular flexibility index (Phi) is 3.74. The molecule has 0 bridgehead atoms. The molecular weight excluding hydrogens is 274 g/mol. The van der Waals surface area contributed by atoms with Gasteiger partial charge in [0, 0.05) is 23.4 Å². The molecule has 4 heteroatoms. The minimum absolute atomic E-state index is 0.0182. The summed E-state index contributed by atoms with van der Waals surface area (Å²) in [6.07, 6.45) is 2.48. The number of aromatic hydroxyl groups is 1. The van der Waals surface area contributed by atoms with Crippen molar-refractivity contribution in [3.05, 3.63) is 60.4 Å². The van der Waals surface area contributed by atoms with Crippen molar-refractivity contribution in [2.75, 3.05) is 5.73 Å². The van der Waals surface area contributed by atoms with Gasteiger partial charge in [0.2, 0.25) is 5.88 Å². The first-order valence-electron chi connectivity index (χ1n) is 7.19. The third-order valence-electron chi connectivity index (χ3n) is 3.61. The monoisotopic (exact) mass is 291 g/mol. The van der Waals surface area contributed by atoms with Gasteiger partial charge in [0.25, 0.3) is 0 Å². The Morgan fingerprint density at radius 2 is 1.73 bits per heavy atom. The van der Waals surface area contributed by atoms with Crippen molar-refractivity contribution in [2.24, 2.45) is 0 Å². The summed E-state index contributed by atoms with van der Waals surface area (Å²) in [5.41, 5.74) is 10.9. The first kappa shape index (κ1) is 14.1. The lowest BCUT2D eigenvalue weighted by Gasteiger charge is -2.13. The van der Waals surface area contributed by atoms with Gasteiger partial charge in [-0.15, -0.1) is 0 Å². The van der Waals surface area contributed by atoms with E-state index < -0.39 is 0 Å². The Hall–Kier alpha value is -2.88. The number of rotatable bonds is 3. The van der Waals surface area contributed by atoms with Crippen LogP contribution in [-0.4, -0.2) is 15.1 Å². The van der Waals surface area contributed by atoms with Crippen LogP contribution in [0, 0.1) is 0 Å². The van der Waals surface area contributed by atoms with E-state index in [9.17, 15) is 5.11 Å². The lowest BCUT2D eigenvalue weighted by Crippen LogP contribution is -1.98. The average molecular weight is 291 g/mol. The number of nitrogens with zero attached hydrogens (tertiary/aromatic N) is 2. The average Bonchev–Trinajstić information content (AvgIpc) is 2.55. The van der Waals surface area contributed by atoms with Crippen LogP contribution >= 0.6 is 0 Å². The number of hydrogen-bond acceptors (Lipinski definition) is 4. The quantitative estimate of drug-likeness (QED) is 0.772. The molecule has 0 aliphatic carbocycles. The number of pyridine rings is 2. The fourth-order valence-corrected chi connectivity index (χ4v) is 2.55. The van der Waals surface area contributed by atoms with Crippen molar-refractivity contribution in [2.45, 2.75) is 13.3 Å². The molecule has 110 valence electrons. The number of aryl methyl sites for hydroxylation is 1. The topological polar surface area (TPSA) is 72.0 Å². The molecular formula is C18H17N3O. The van der Waals surface area contributed by atoms with Crippen LogP contribution in [0.4, 0.5) is 5.82 Å². The highest BCUT2D eigenvalue weighted by atomic mass is 16.3. The molecule has 0 saturated carbocycles. The SMILES string of the molecule is CCc1nc(N)ccc1-c1ccccc1-c1ccc(O)nc1. The maximum Gasteiger partial charge on any atom is 0.210 e. The molecule has 0 amide bonds. The van der Waals surface area contributed by atoms with Gasteiger partial charge in [-0.05, 0) is 35.7 Å². The smallest absolute Gasteiger partial charge is 0.210 e. The molecule has 0 unspecified atom stereocenters. The van der Waals surface area contributed by atoms with Crippen molar-refractivity contribution in [3.8, 4) is 28.1 Å². The standard InChI is InChI=1S/C18H17N3O/c1-2-16-15(8-9-17(19)21-16)14-6-4-3-5-13(14)12-7-10-18(22)20-11-12/h3-11H,2H2,1H3,(H2,19,21)(H,20,22). The van der Waals surface area contributed by atoms with Crippen LogP contribution in [-0.2, 0) is 6.42 Å². The first-order chi connectivity index (χ1) is 10.7. The summed E-state index contributed by atoms with van der Waals surface area (Å²) in [4.78, 5) is 8.41. The number of nitrogen functional groups attached to an aromatic ring is 1. The Balaban J connectivity index is 2.18. The van der Waals surface area contributed by atoms with E-state index in [0.717, 1.165) is 34.4 Å². The van der Waals surface area contributed by atoms with Crippen LogP contribution in [0.5, 0.6) is 5.88 Å². The van der Waals surface area contributed by atoms with E-state index >= 15 is 0 Å². The number of anilines is 1. The Bertz CT molecular complexity index is 798. The minimum atomic E-state index is 0.0182. The molecule has 0 spiro atoms. The normalized spacial score (nSPS) is 10.6. The summed E-state index contributed by atoms with van der Waals surface area (Å²) in [6.45, 7) is 2.07. The second kappa shape index (κ2) is 5.85. The fraction of sp³-hybridized carbons (Fsp3) is 0.111. The molecule has 2 aromatic heterocycles. The van der Waals surface area contributed by atoms with Crippen molar-refractivity contribution >= 4 is 5.82 Å². The summed E-state index contributed by atoms with van der Waals surface area (Å²) in [6, 6.07) is 15.4. The summed E-state index contributed by atoms with van der Waals surface area (Å²) in [5.74, 6) is 0.550. The Morgan fingerprint density at radius 1 is 0.955 bits per heavy atom. The van der Waals surface area contributed by atoms with Gasteiger partial charge < -0.3 is 10.8 Å². The van der Waals surface area contributed by atoms with Gasteiger partial charge in [-0.2, -0.15) is 0 Å². The van der Waals surface area contributed by atoms with E-state index in [2.05, 4.69) is 23.0 Å². The molecule has 22 heavy (non-hydrogen) atoms. The van der Waals surface area contributed by atoms with Crippen LogP contribution in [0.2, 0.25) is 0 Å². The second-order valence-electron chi connectivity index (χ2n) is 5.03. The highest BCUT2D eigenvalue weighted by Gasteiger charge is 2.11. The summed E-state index contributed by atoms with van der Waals surface area (Å²) < 4.78 is 0. The Labute approximate surface area is 129 Å². The molecule has 3 aromatic rings. The fourth-order valence-electron chi connectivity index (χ4n) is 2.55. The third-order valence-corrected chi connectivity index (χ3v) is 3.61. The summed E-state index contributed by atoms with van der Waals surface area (Å²) in [7, 11) is 0. The van der Waals surface area contributed by atoms with E-state index in [1.54, 1.807) is 12.3 Å². The number of benzene rings is 1. The van der Waals surface area contributed by atoms with Crippen LogP contribution in [0.25, 0.3) is 22.3 Å². The minimum Gasteiger partial charge on any atom is -0.493 e. The zero-order valence-electron chi connectivity index (χ0n) is 12.3. The summed E-state index contributed by atoms with van der Waals surface area (Å²) in [5, 5.41) is 9.37. The second-order valence-corrected chi connectivity index (χ2v) is 5.03. The number of hydrogen-bond donors (Lipinski definition) is 2. The first-order valence-corrected chi connectivity index (χ1v) is 7.19. The van der Waals surface area contributed by atoms with E-state index in [-0.39, 0.29) is 5.88 Å². The lowest BCUT2D eigenvalue weighted by molar-refractivity contribution is 0.453. The van der Waals surface area contributed by atoms with Gasteiger partial charge in [0.15, 0.2) is 0 Å². The van der Waals surface area contributed by atoms with Gasteiger partial charge in [-0.25, -0.2) is 9.97 Å². The van der Waals surface area contributed by atoms with Gasteiger partial charge in [-0.3, -0.25) is 0 Å². The van der Waals surface area contributed by atoms with Gasteiger partial charge in [0.05, 0.1) is 5.69 Å². The largest absolute Gasteiger partial charge is 0.493 e. The van der Waals surface area contributed by atoms with Crippen LogP contribution in [0.1, 0.15) is 12.6 Å². The lowest BCUT2D eigenvalue weighted by atomic mass is 9.94. The molecule has 2 heterocycles. The molecule has 0 radical (unpaired) electrons. The highest BCUT2D eigenvalue weighted by molar-refractivity contribution is 5.84. The van der Waals surface area contributed by atoms with Crippen LogP contribution in [0.3, 0.4) is 0 Å². The highest BCUT2D eigenvalue weighted by Crippen LogP contribution is 2.34. The molecule has 0 fully saturated rings. The predicted octanol–water partition coefficient (Wildman–Crippen LogP) is 3.66. The van der Waals surface area contributed by atoms with Crippen molar-refractivity contribution in [1.82, 2.24) is 9.97 Å². The maximum atomic E-state index is 9.37. The molecule has 0 aliphatic rings. The van der Waals surface area contributed by atoms with E-state index in [1.165, 1.54) is 0 Å². The van der Waals surface area contributed by atoms with Crippen molar-refractivity contribution in [1.29, 1.82) is 0 Å². The zero-order chi connectivity index (χ0) is 15.5. The van der Waals surface area contributed by atoms with Crippen molar-refractivity contribution in [3.63, 3.8) is 0 Å². The van der Waals surface area contributed by atoms with Crippen LogP contribution in [0.15, 0.2) is 54.7 Å². The zero-order valence-corrected chi connectivity index (χ0v) is 12.3. The molecule has 0 aliphatic heterocycles. The molecule has 4 nitrogen and oxygen atoms in total. The van der Waals surface area contributed by atoms with Gasteiger partial charge in [0.1, 0.15) is 5.82 Å². The molecule has 3 N–H and O–H groups in total. The van der Waals surface area contributed by atoms with Gasteiger partial charge in [-0.1, -0.05) is 31.2 Å². The van der Waals surface area contributed by atoms with E-state index in [0.29, 0.717) is 5.82 Å². The summed E-state index contributed by atoms with van der Waals surface area (Å²) >= 11 is 0. The maximum absolute atomic E-state index is 9.37. The molecule has 3 rings (SSSR count). The van der Waals surface area contributed by atoms with E-state index in [1.807, 2.05) is 36.4 Å². The van der Waals surface area contributed by atoms with Crippen LogP contribution < -0.4 is 5.73 Å². The van der Waals surface area contributed by atoms with Gasteiger partial charge >= 0.3 is 0 Å². The Morgan fingerprint density at radius 3 is 2.41 bits per heavy atom. The van der Waals surface area contributed by atoms with Crippen molar-refractivity contribution < 1.29 is 5.11 Å². The molecule has 1 aromatic carbocycles. The third kappa shape index (κ3) is 2.63. The number of aromatic nitrogens is 2. The molecule has 0 saturated heterocycles. The number of nitrogens with two attached hydrogens (primary N) is 1. The van der Waals surface area contributed by atoms with E-state index in [4.69, 9.17) is 5.73 Å². The molecule has 0 atom stereocenters.